The molecule has 1 saturated heterocycles. The highest BCUT2D eigenvalue weighted by Gasteiger charge is 2.30. The normalized spacial score (nSPS) is 19.4. The van der Waals surface area contributed by atoms with Gasteiger partial charge in [-0.3, -0.25) is 4.79 Å². The number of anilines is 1. The Morgan fingerprint density at radius 2 is 2.10 bits per heavy atom. The quantitative estimate of drug-likeness (QED) is 0.800. The summed E-state index contributed by atoms with van der Waals surface area (Å²) >= 11 is 0. The van der Waals surface area contributed by atoms with Crippen LogP contribution in [0.15, 0.2) is 23.1 Å². The van der Waals surface area contributed by atoms with Crippen molar-refractivity contribution in [2.24, 2.45) is 0 Å². The first kappa shape index (κ1) is 13.5. The Hall–Kier alpha value is -1.44. The van der Waals surface area contributed by atoms with E-state index in [2.05, 4.69) is 0 Å². The Morgan fingerprint density at radius 1 is 1.30 bits per heavy atom. The lowest BCUT2D eigenvalue weighted by molar-refractivity contribution is -0.116. The van der Waals surface area contributed by atoms with Gasteiger partial charge in [-0.25, -0.2) is 8.42 Å². The van der Waals surface area contributed by atoms with Gasteiger partial charge in [0.2, 0.25) is 15.9 Å². The zero-order chi connectivity index (χ0) is 14.3. The maximum atomic E-state index is 12.4. The van der Waals surface area contributed by atoms with Gasteiger partial charge < -0.3 is 9.64 Å². The molecule has 20 heavy (non-hydrogen) atoms. The summed E-state index contributed by atoms with van der Waals surface area (Å²) in [5.74, 6) is -0.0210. The van der Waals surface area contributed by atoms with Crippen molar-refractivity contribution in [3.63, 3.8) is 0 Å². The molecule has 0 atom stereocenters. The molecular weight excluding hydrogens is 280 g/mol. The van der Waals surface area contributed by atoms with E-state index in [0.717, 1.165) is 11.3 Å². The number of sulfonamides is 1. The summed E-state index contributed by atoms with van der Waals surface area (Å²) in [6, 6.07) is 4.95. The predicted molar refractivity (Wildman–Crippen MR) is 72.9 cm³/mol. The smallest absolute Gasteiger partial charge is 0.245 e. The summed E-state index contributed by atoms with van der Waals surface area (Å²) in [6.45, 7) is 3.06. The molecule has 0 aromatic heterocycles. The third kappa shape index (κ3) is 2.11. The molecule has 1 aromatic rings. The fraction of sp³-hybridized carbons (Fsp3) is 0.462. The third-order valence-corrected chi connectivity index (χ3v) is 5.50. The molecule has 2 aliphatic rings. The number of nitrogens with zero attached hydrogens (tertiary/aromatic N) is 2. The number of ether oxygens (including phenoxy) is 1. The van der Waals surface area contributed by atoms with Crippen LogP contribution in [-0.2, 0) is 26.0 Å². The first-order chi connectivity index (χ1) is 9.50. The number of carbonyl (C=O) groups excluding carboxylic acids is 1. The molecule has 0 spiro atoms. The van der Waals surface area contributed by atoms with Crippen molar-refractivity contribution in [2.45, 2.75) is 18.2 Å². The van der Waals surface area contributed by atoms with E-state index in [1.54, 1.807) is 23.1 Å². The van der Waals surface area contributed by atoms with Crippen LogP contribution in [0.5, 0.6) is 0 Å². The Kier molecular flexibility index (Phi) is 3.27. The van der Waals surface area contributed by atoms with E-state index in [1.165, 1.54) is 11.2 Å². The van der Waals surface area contributed by atoms with E-state index in [-0.39, 0.29) is 17.5 Å². The lowest BCUT2D eigenvalue weighted by Gasteiger charge is -2.17. The second-order valence-corrected chi connectivity index (χ2v) is 6.87. The fourth-order valence-corrected chi connectivity index (χ4v) is 3.96. The highest BCUT2D eigenvalue weighted by molar-refractivity contribution is 7.89. The summed E-state index contributed by atoms with van der Waals surface area (Å²) in [7, 11) is -3.49. The second kappa shape index (κ2) is 4.83. The average Bonchev–Trinajstić information content (AvgIpc) is 3.07. The summed E-state index contributed by atoms with van der Waals surface area (Å²) in [5.41, 5.74) is 1.72. The molecule has 1 amide bonds. The number of benzene rings is 1. The first-order valence-electron chi connectivity index (χ1n) is 6.49. The van der Waals surface area contributed by atoms with E-state index in [4.69, 9.17) is 4.74 Å². The van der Waals surface area contributed by atoms with Gasteiger partial charge >= 0.3 is 0 Å². The van der Waals surface area contributed by atoms with Crippen molar-refractivity contribution in [1.29, 1.82) is 0 Å². The Morgan fingerprint density at radius 3 is 2.75 bits per heavy atom. The molecule has 108 valence electrons. The molecule has 1 aromatic carbocycles. The summed E-state index contributed by atoms with van der Waals surface area (Å²) in [6.07, 6.45) is 0.689. The van der Waals surface area contributed by atoms with Crippen LogP contribution in [0, 0.1) is 0 Å². The van der Waals surface area contributed by atoms with Crippen LogP contribution in [0.1, 0.15) is 12.5 Å². The average molecular weight is 296 g/mol. The molecular formula is C13H16N2O4S. The third-order valence-electron chi connectivity index (χ3n) is 3.68. The van der Waals surface area contributed by atoms with Crippen LogP contribution < -0.4 is 4.90 Å². The van der Waals surface area contributed by atoms with Gasteiger partial charge in [0.25, 0.3) is 0 Å². The predicted octanol–water partition coefficient (Wildman–Crippen LogP) is 0.574. The van der Waals surface area contributed by atoms with Crippen LogP contribution in [-0.4, -0.2) is 45.1 Å². The molecule has 0 N–H and O–H groups in total. The van der Waals surface area contributed by atoms with Crippen molar-refractivity contribution >= 4 is 21.6 Å². The van der Waals surface area contributed by atoms with Crippen LogP contribution in [0.25, 0.3) is 0 Å². The van der Waals surface area contributed by atoms with Crippen LogP contribution in [0.3, 0.4) is 0 Å². The van der Waals surface area contributed by atoms with Crippen LogP contribution >= 0.6 is 0 Å². The Bertz CT molecular complexity index is 650. The molecule has 0 bridgehead atoms. The number of amides is 1. The van der Waals surface area contributed by atoms with E-state index in [0.29, 0.717) is 26.1 Å². The van der Waals surface area contributed by atoms with Gasteiger partial charge in [0.05, 0.1) is 11.5 Å². The van der Waals surface area contributed by atoms with Gasteiger partial charge in [-0.05, 0) is 30.2 Å². The molecule has 0 saturated carbocycles. The molecule has 0 radical (unpaired) electrons. The number of carbonyl (C=O) groups is 1. The van der Waals surface area contributed by atoms with E-state index < -0.39 is 10.0 Å². The molecule has 1 fully saturated rings. The zero-order valence-electron chi connectivity index (χ0n) is 11.2. The minimum Gasteiger partial charge on any atom is -0.364 e. The van der Waals surface area contributed by atoms with Crippen molar-refractivity contribution in [3.05, 3.63) is 23.8 Å². The van der Waals surface area contributed by atoms with Gasteiger partial charge in [0.1, 0.15) is 6.73 Å². The first-order valence-corrected chi connectivity index (χ1v) is 7.93. The molecule has 6 nitrogen and oxygen atoms in total. The van der Waals surface area contributed by atoms with E-state index in [1.807, 2.05) is 0 Å². The molecule has 2 aliphatic heterocycles. The van der Waals surface area contributed by atoms with Crippen molar-refractivity contribution < 1.29 is 17.9 Å². The zero-order valence-corrected chi connectivity index (χ0v) is 12.0. The van der Waals surface area contributed by atoms with Gasteiger partial charge in [0.15, 0.2) is 0 Å². The van der Waals surface area contributed by atoms with Gasteiger partial charge in [-0.15, -0.1) is 0 Å². The van der Waals surface area contributed by atoms with Crippen LogP contribution in [0.4, 0.5) is 5.69 Å². The molecule has 0 unspecified atom stereocenters. The molecule has 7 heteroatoms. The number of hydrogen-bond acceptors (Lipinski definition) is 4. The number of rotatable bonds is 2. The van der Waals surface area contributed by atoms with Gasteiger partial charge in [-0.1, -0.05) is 0 Å². The number of hydrogen-bond donors (Lipinski definition) is 0. The fourth-order valence-electron chi connectivity index (χ4n) is 2.60. The van der Waals surface area contributed by atoms with Crippen molar-refractivity contribution in [3.8, 4) is 0 Å². The maximum absolute atomic E-state index is 12.4. The van der Waals surface area contributed by atoms with E-state index in [9.17, 15) is 13.2 Å². The Labute approximate surface area is 118 Å². The minimum absolute atomic E-state index is 0.0210. The molecule has 3 rings (SSSR count). The summed E-state index contributed by atoms with van der Waals surface area (Å²) in [5, 5.41) is 0. The van der Waals surface area contributed by atoms with E-state index >= 15 is 0 Å². The minimum atomic E-state index is -3.49. The van der Waals surface area contributed by atoms with Crippen LogP contribution in [0.2, 0.25) is 0 Å². The lowest BCUT2D eigenvalue weighted by Crippen LogP contribution is -2.28. The molecule has 0 aliphatic carbocycles. The SMILES string of the molecule is CC(=O)N1CCc2cc(S(=O)(=O)N3CCOC3)ccc21. The Balaban J connectivity index is 1.96. The van der Waals surface area contributed by atoms with Crippen molar-refractivity contribution in [1.82, 2.24) is 4.31 Å². The summed E-state index contributed by atoms with van der Waals surface area (Å²) in [4.78, 5) is 13.4. The van der Waals surface area contributed by atoms with Gasteiger partial charge in [0, 0.05) is 25.7 Å². The summed E-state index contributed by atoms with van der Waals surface area (Å²) < 4.78 is 31.3. The largest absolute Gasteiger partial charge is 0.364 e. The second-order valence-electron chi connectivity index (χ2n) is 4.93. The standard InChI is InChI=1S/C13H16N2O4S/c1-10(16)15-5-4-11-8-12(2-3-13(11)15)20(17,18)14-6-7-19-9-14/h2-3,8H,4-7,9H2,1H3. The topological polar surface area (TPSA) is 66.9 Å². The van der Waals surface area contributed by atoms with Gasteiger partial charge in [-0.2, -0.15) is 4.31 Å². The maximum Gasteiger partial charge on any atom is 0.245 e. The highest BCUT2D eigenvalue weighted by atomic mass is 32.2. The highest BCUT2D eigenvalue weighted by Crippen LogP contribution is 2.31. The number of fused-ring (bicyclic) bond motifs is 1. The lowest BCUT2D eigenvalue weighted by atomic mass is 10.2. The monoisotopic (exact) mass is 296 g/mol. The molecule has 2 heterocycles. The van der Waals surface area contributed by atoms with Crippen molar-refractivity contribution in [2.75, 3.05) is 31.3 Å².